The lowest BCUT2D eigenvalue weighted by molar-refractivity contribution is 0.635. The number of aromatic nitrogens is 4. The van der Waals surface area contributed by atoms with Crippen LogP contribution in [0, 0.1) is 13.8 Å². The molecule has 2 aromatic heterocycles. The standard InChI is InChI=1S/C14H16N4/c1-8(2)18-12-6-5-9(3)7-11(12)13-14(18)15-10(4)16-17-13/h5-8H,1-4H3. The van der Waals surface area contributed by atoms with E-state index in [1.165, 1.54) is 11.1 Å². The van der Waals surface area contributed by atoms with Crippen molar-refractivity contribution in [2.45, 2.75) is 33.7 Å². The number of aryl methyl sites for hydroxylation is 2. The van der Waals surface area contributed by atoms with Crippen LogP contribution in [-0.4, -0.2) is 19.7 Å². The molecule has 4 nitrogen and oxygen atoms in total. The molecule has 0 fully saturated rings. The Labute approximate surface area is 106 Å². The van der Waals surface area contributed by atoms with Crippen molar-refractivity contribution >= 4 is 22.1 Å². The Morgan fingerprint density at radius 1 is 1.11 bits per heavy atom. The summed E-state index contributed by atoms with van der Waals surface area (Å²) < 4.78 is 2.23. The summed E-state index contributed by atoms with van der Waals surface area (Å²) in [5.41, 5.74) is 4.23. The molecule has 0 atom stereocenters. The maximum absolute atomic E-state index is 4.55. The van der Waals surface area contributed by atoms with Gasteiger partial charge in [-0.1, -0.05) is 11.6 Å². The van der Waals surface area contributed by atoms with E-state index in [0.717, 1.165) is 16.6 Å². The molecule has 0 saturated carbocycles. The lowest BCUT2D eigenvalue weighted by Crippen LogP contribution is -2.03. The van der Waals surface area contributed by atoms with Gasteiger partial charge in [0.25, 0.3) is 0 Å². The molecule has 0 amide bonds. The van der Waals surface area contributed by atoms with Gasteiger partial charge in [-0.25, -0.2) is 4.98 Å². The quantitative estimate of drug-likeness (QED) is 0.656. The highest BCUT2D eigenvalue weighted by molar-refractivity contribution is 6.04. The second kappa shape index (κ2) is 3.77. The minimum Gasteiger partial charge on any atom is -0.321 e. The smallest absolute Gasteiger partial charge is 0.164 e. The van der Waals surface area contributed by atoms with E-state index in [-0.39, 0.29) is 0 Å². The van der Waals surface area contributed by atoms with Crippen LogP contribution in [0.5, 0.6) is 0 Å². The Balaban J connectivity index is 2.56. The molecule has 0 N–H and O–H groups in total. The molecular weight excluding hydrogens is 224 g/mol. The van der Waals surface area contributed by atoms with Crippen molar-refractivity contribution in [3.8, 4) is 0 Å². The molecule has 3 aromatic rings. The van der Waals surface area contributed by atoms with Gasteiger partial charge in [-0.2, -0.15) is 0 Å². The van der Waals surface area contributed by atoms with E-state index < -0.39 is 0 Å². The van der Waals surface area contributed by atoms with Crippen LogP contribution in [0.3, 0.4) is 0 Å². The Bertz CT molecular complexity index is 740. The average Bonchev–Trinajstić information content (AvgIpc) is 2.61. The molecule has 0 unspecified atom stereocenters. The normalized spacial score (nSPS) is 11.8. The van der Waals surface area contributed by atoms with Gasteiger partial charge in [0.2, 0.25) is 0 Å². The van der Waals surface area contributed by atoms with Gasteiger partial charge >= 0.3 is 0 Å². The summed E-state index contributed by atoms with van der Waals surface area (Å²) in [7, 11) is 0. The minimum absolute atomic E-state index is 0.351. The fraction of sp³-hybridized carbons (Fsp3) is 0.357. The molecule has 0 aliphatic carbocycles. The van der Waals surface area contributed by atoms with Crippen molar-refractivity contribution in [2.24, 2.45) is 0 Å². The summed E-state index contributed by atoms with van der Waals surface area (Å²) in [5.74, 6) is 0.712. The predicted octanol–water partition coefficient (Wildman–Crippen LogP) is 3.18. The second-order valence-electron chi connectivity index (χ2n) is 5.02. The van der Waals surface area contributed by atoms with Gasteiger partial charge in [0, 0.05) is 11.4 Å². The Hall–Kier alpha value is -1.97. The molecule has 0 bridgehead atoms. The first-order valence-corrected chi connectivity index (χ1v) is 6.19. The molecule has 0 aliphatic rings. The van der Waals surface area contributed by atoms with Crippen molar-refractivity contribution in [2.75, 3.05) is 0 Å². The highest BCUT2D eigenvalue weighted by Crippen LogP contribution is 2.29. The average molecular weight is 240 g/mol. The summed E-state index contributed by atoms with van der Waals surface area (Å²) in [4.78, 5) is 4.55. The third-order valence-electron chi connectivity index (χ3n) is 3.19. The summed E-state index contributed by atoms with van der Waals surface area (Å²) in [5, 5.41) is 9.54. The first-order valence-electron chi connectivity index (χ1n) is 6.19. The van der Waals surface area contributed by atoms with Crippen molar-refractivity contribution < 1.29 is 0 Å². The summed E-state index contributed by atoms with van der Waals surface area (Å²) in [6, 6.07) is 6.77. The molecule has 92 valence electrons. The third-order valence-corrected chi connectivity index (χ3v) is 3.19. The van der Waals surface area contributed by atoms with Gasteiger partial charge in [0.1, 0.15) is 11.3 Å². The predicted molar refractivity (Wildman–Crippen MR) is 72.7 cm³/mol. The summed E-state index contributed by atoms with van der Waals surface area (Å²) in [6.07, 6.45) is 0. The molecule has 3 rings (SSSR count). The van der Waals surface area contributed by atoms with E-state index in [1.54, 1.807) is 0 Å². The Morgan fingerprint density at radius 2 is 1.89 bits per heavy atom. The number of fused-ring (bicyclic) bond motifs is 3. The van der Waals surface area contributed by atoms with E-state index in [0.29, 0.717) is 11.9 Å². The van der Waals surface area contributed by atoms with E-state index in [4.69, 9.17) is 0 Å². The highest BCUT2D eigenvalue weighted by atomic mass is 15.2. The van der Waals surface area contributed by atoms with Crippen molar-refractivity contribution in [1.82, 2.24) is 19.7 Å². The van der Waals surface area contributed by atoms with Gasteiger partial charge in [0.05, 0.1) is 5.52 Å². The topological polar surface area (TPSA) is 43.6 Å². The van der Waals surface area contributed by atoms with Crippen molar-refractivity contribution in [3.05, 3.63) is 29.6 Å². The first-order chi connectivity index (χ1) is 8.58. The number of hydrogen-bond acceptors (Lipinski definition) is 3. The maximum atomic E-state index is 4.55. The SMILES string of the molecule is Cc1ccc2c(c1)c1nnc(C)nc1n2C(C)C. The Kier molecular flexibility index (Phi) is 2.33. The van der Waals surface area contributed by atoms with Crippen LogP contribution >= 0.6 is 0 Å². The molecule has 2 heterocycles. The maximum Gasteiger partial charge on any atom is 0.164 e. The van der Waals surface area contributed by atoms with Crippen molar-refractivity contribution in [1.29, 1.82) is 0 Å². The summed E-state index contributed by atoms with van der Waals surface area (Å²) >= 11 is 0. The van der Waals surface area contributed by atoms with Gasteiger partial charge in [-0.05, 0) is 39.8 Å². The van der Waals surface area contributed by atoms with E-state index in [2.05, 4.69) is 58.7 Å². The number of nitrogens with zero attached hydrogens (tertiary/aromatic N) is 4. The Morgan fingerprint density at radius 3 is 2.61 bits per heavy atom. The first kappa shape index (κ1) is 11.1. The van der Waals surface area contributed by atoms with Gasteiger partial charge < -0.3 is 4.57 Å². The molecule has 0 aliphatic heterocycles. The number of benzene rings is 1. The van der Waals surface area contributed by atoms with Crippen LogP contribution in [0.15, 0.2) is 18.2 Å². The van der Waals surface area contributed by atoms with Crippen LogP contribution in [0.2, 0.25) is 0 Å². The zero-order chi connectivity index (χ0) is 12.9. The van der Waals surface area contributed by atoms with Gasteiger partial charge in [-0.3, -0.25) is 0 Å². The highest BCUT2D eigenvalue weighted by Gasteiger charge is 2.15. The lowest BCUT2D eigenvalue weighted by Gasteiger charge is -2.10. The fourth-order valence-electron chi connectivity index (χ4n) is 2.42. The van der Waals surface area contributed by atoms with Crippen LogP contribution in [0.4, 0.5) is 0 Å². The summed E-state index contributed by atoms with van der Waals surface area (Å²) in [6.45, 7) is 8.29. The zero-order valence-corrected chi connectivity index (χ0v) is 11.1. The molecular formula is C14H16N4. The molecule has 4 heteroatoms. The van der Waals surface area contributed by atoms with Crippen LogP contribution in [-0.2, 0) is 0 Å². The van der Waals surface area contributed by atoms with Crippen LogP contribution in [0.1, 0.15) is 31.3 Å². The molecule has 0 saturated heterocycles. The lowest BCUT2D eigenvalue weighted by atomic mass is 10.2. The second-order valence-corrected chi connectivity index (χ2v) is 5.02. The zero-order valence-electron chi connectivity index (χ0n) is 11.1. The molecule has 1 aromatic carbocycles. The van der Waals surface area contributed by atoms with E-state index in [9.17, 15) is 0 Å². The molecule has 0 spiro atoms. The monoisotopic (exact) mass is 240 g/mol. The van der Waals surface area contributed by atoms with Crippen LogP contribution in [0.25, 0.3) is 22.1 Å². The van der Waals surface area contributed by atoms with Crippen molar-refractivity contribution in [3.63, 3.8) is 0 Å². The van der Waals surface area contributed by atoms with E-state index in [1.807, 2.05) is 6.92 Å². The van der Waals surface area contributed by atoms with E-state index >= 15 is 0 Å². The van der Waals surface area contributed by atoms with Gasteiger partial charge in [-0.15, -0.1) is 10.2 Å². The number of hydrogen-bond donors (Lipinski definition) is 0. The third kappa shape index (κ3) is 1.49. The largest absolute Gasteiger partial charge is 0.321 e. The minimum atomic E-state index is 0.351. The van der Waals surface area contributed by atoms with Crippen LogP contribution < -0.4 is 0 Å². The molecule has 18 heavy (non-hydrogen) atoms. The fourth-order valence-corrected chi connectivity index (χ4v) is 2.42. The van der Waals surface area contributed by atoms with Gasteiger partial charge in [0.15, 0.2) is 5.65 Å². The number of rotatable bonds is 1. The molecule has 0 radical (unpaired) electrons.